The molecule has 0 spiro atoms. The third kappa shape index (κ3) is 3.50. The molecule has 5 rings (SSSR count). The Kier molecular flexibility index (Phi) is 4.67. The molecule has 2 aromatic carbocycles. The van der Waals surface area contributed by atoms with Crippen molar-refractivity contribution >= 4 is 22.9 Å². The number of amides is 2. The summed E-state index contributed by atoms with van der Waals surface area (Å²) in [7, 11) is 0. The SMILES string of the molecule is Cc1cccc(C)c1-n1nc2c(c1-c1ccc3[nH]ccc3c1)CN(C(=O)OC(C)(C)C)C2=O. The number of ether oxygens (including phenoxy) is 1. The van der Waals surface area contributed by atoms with Crippen LogP contribution < -0.4 is 0 Å². The molecule has 0 saturated heterocycles. The second-order valence-electron chi connectivity index (χ2n) is 9.48. The summed E-state index contributed by atoms with van der Waals surface area (Å²) in [6, 6.07) is 14.2. The lowest BCUT2D eigenvalue weighted by Gasteiger charge is -2.23. The lowest BCUT2D eigenvalue weighted by Crippen LogP contribution is -2.37. The lowest BCUT2D eigenvalue weighted by atomic mass is 10.0. The lowest BCUT2D eigenvalue weighted by molar-refractivity contribution is 0.0246. The number of carbonyl (C=O) groups excluding carboxylic acids is 2. The number of rotatable bonds is 2. The molecule has 7 heteroatoms. The van der Waals surface area contributed by atoms with Crippen molar-refractivity contribution < 1.29 is 14.3 Å². The number of nitrogens with one attached hydrogen (secondary N) is 1. The van der Waals surface area contributed by atoms with E-state index in [4.69, 9.17) is 9.84 Å². The van der Waals surface area contributed by atoms with Crippen LogP contribution in [-0.4, -0.2) is 37.3 Å². The van der Waals surface area contributed by atoms with Crippen LogP contribution in [-0.2, 0) is 11.3 Å². The molecule has 0 aliphatic carbocycles. The molecule has 0 atom stereocenters. The number of aromatic amines is 1. The van der Waals surface area contributed by atoms with Gasteiger partial charge in [-0.2, -0.15) is 5.10 Å². The van der Waals surface area contributed by atoms with Gasteiger partial charge < -0.3 is 9.72 Å². The second-order valence-corrected chi connectivity index (χ2v) is 9.48. The Balaban J connectivity index is 1.69. The minimum Gasteiger partial charge on any atom is -0.443 e. The van der Waals surface area contributed by atoms with Gasteiger partial charge in [-0.05, 0) is 63.9 Å². The van der Waals surface area contributed by atoms with E-state index >= 15 is 0 Å². The average molecular weight is 443 g/mol. The minimum atomic E-state index is -0.697. The standard InChI is InChI=1S/C26H26N4O3/c1-15-7-6-8-16(2)22(15)30-23(18-9-10-20-17(13-18)11-12-27-20)19-14-29(24(31)21(19)28-30)25(32)33-26(3,4)5/h6-13,27H,14H2,1-5H3. The maximum Gasteiger partial charge on any atom is 0.417 e. The van der Waals surface area contributed by atoms with Crippen molar-refractivity contribution in [2.24, 2.45) is 0 Å². The summed E-state index contributed by atoms with van der Waals surface area (Å²) in [5.74, 6) is -0.437. The van der Waals surface area contributed by atoms with Crippen LogP contribution >= 0.6 is 0 Å². The topological polar surface area (TPSA) is 80.2 Å². The Morgan fingerprint density at radius 2 is 1.82 bits per heavy atom. The summed E-state index contributed by atoms with van der Waals surface area (Å²) in [5, 5.41) is 5.81. The van der Waals surface area contributed by atoms with Crippen LogP contribution in [0.25, 0.3) is 27.8 Å². The van der Waals surface area contributed by atoms with E-state index in [0.29, 0.717) is 0 Å². The van der Waals surface area contributed by atoms with Crippen molar-refractivity contribution in [1.82, 2.24) is 19.7 Å². The molecule has 33 heavy (non-hydrogen) atoms. The Morgan fingerprint density at radius 1 is 1.09 bits per heavy atom. The van der Waals surface area contributed by atoms with Crippen molar-refractivity contribution in [3.8, 4) is 16.9 Å². The largest absolute Gasteiger partial charge is 0.443 e. The van der Waals surface area contributed by atoms with Gasteiger partial charge in [0.25, 0.3) is 5.91 Å². The predicted molar refractivity (Wildman–Crippen MR) is 126 cm³/mol. The molecule has 2 amide bonds. The highest BCUT2D eigenvalue weighted by atomic mass is 16.6. The Labute approximate surface area is 192 Å². The van der Waals surface area contributed by atoms with E-state index in [1.165, 1.54) is 0 Å². The van der Waals surface area contributed by atoms with Gasteiger partial charge >= 0.3 is 6.09 Å². The highest BCUT2D eigenvalue weighted by molar-refractivity contribution is 6.06. The van der Waals surface area contributed by atoms with Crippen LogP contribution in [0.2, 0.25) is 0 Å². The van der Waals surface area contributed by atoms with E-state index in [-0.39, 0.29) is 12.2 Å². The van der Waals surface area contributed by atoms with Gasteiger partial charge in [-0.25, -0.2) is 14.4 Å². The highest BCUT2D eigenvalue weighted by Gasteiger charge is 2.40. The number of aryl methyl sites for hydroxylation is 2. The normalized spacial score (nSPS) is 13.6. The van der Waals surface area contributed by atoms with E-state index in [1.54, 1.807) is 20.8 Å². The third-order valence-corrected chi connectivity index (χ3v) is 5.84. The molecule has 0 saturated carbocycles. The highest BCUT2D eigenvalue weighted by Crippen LogP contribution is 2.37. The van der Waals surface area contributed by atoms with E-state index in [9.17, 15) is 9.59 Å². The molecular formula is C26H26N4O3. The summed E-state index contributed by atoms with van der Waals surface area (Å²) >= 11 is 0. The first-order chi connectivity index (χ1) is 15.6. The number of aromatic nitrogens is 3. The summed E-state index contributed by atoms with van der Waals surface area (Å²) in [4.78, 5) is 30.3. The van der Waals surface area contributed by atoms with Gasteiger partial charge in [0, 0.05) is 28.2 Å². The monoisotopic (exact) mass is 442 g/mol. The molecule has 0 bridgehead atoms. The molecule has 3 heterocycles. The zero-order valence-corrected chi connectivity index (χ0v) is 19.4. The predicted octanol–water partition coefficient (Wildman–Crippen LogP) is 5.53. The molecule has 0 fully saturated rings. The Hall–Kier alpha value is -3.87. The maximum absolute atomic E-state index is 13.2. The molecule has 2 aromatic heterocycles. The smallest absolute Gasteiger partial charge is 0.417 e. The van der Waals surface area contributed by atoms with E-state index in [1.807, 2.05) is 61.1 Å². The number of H-pyrrole nitrogens is 1. The van der Waals surface area contributed by atoms with E-state index < -0.39 is 17.6 Å². The van der Waals surface area contributed by atoms with Crippen LogP contribution in [0, 0.1) is 13.8 Å². The molecule has 1 N–H and O–H groups in total. The second kappa shape index (κ2) is 7.33. The number of hydrogen-bond acceptors (Lipinski definition) is 4. The quantitative estimate of drug-likeness (QED) is 0.443. The van der Waals surface area contributed by atoms with Gasteiger partial charge in [-0.3, -0.25) is 4.79 Å². The van der Waals surface area contributed by atoms with Crippen LogP contribution in [0.3, 0.4) is 0 Å². The van der Waals surface area contributed by atoms with Crippen LogP contribution in [0.15, 0.2) is 48.7 Å². The van der Waals surface area contributed by atoms with Gasteiger partial charge in [0.2, 0.25) is 0 Å². The first kappa shape index (κ1) is 21.0. The number of carbonyl (C=O) groups is 2. The zero-order valence-electron chi connectivity index (χ0n) is 19.4. The zero-order chi connectivity index (χ0) is 23.5. The first-order valence-electron chi connectivity index (χ1n) is 10.9. The molecule has 7 nitrogen and oxygen atoms in total. The number of imide groups is 1. The number of benzene rings is 2. The first-order valence-corrected chi connectivity index (χ1v) is 10.9. The van der Waals surface area contributed by atoms with E-state index in [0.717, 1.165) is 49.4 Å². The molecule has 0 radical (unpaired) electrons. The molecule has 1 aliphatic rings. The fourth-order valence-corrected chi connectivity index (χ4v) is 4.39. The molecule has 168 valence electrons. The molecule has 4 aromatic rings. The summed E-state index contributed by atoms with van der Waals surface area (Å²) in [6.07, 6.45) is 1.24. The van der Waals surface area contributed by atoms with Gasteiger partial charge in [0.15, 0.2) is 5.69 Å². The average Bonchev–Trinajstić information content (AvgIpc) is 3.41. The summed E-state index contributed by atoms with van der Waals surface area (Å²) in [6.45, 7) is 9.52. The van der Waals surface area contributed by atoms with Crippen molar-refractivity contribution in [3.05, 3.63) is 71.0 Å². The maximum atomic E-state index is 13.2. The molecule has 1 aliphatic heterocycles. The Bertz CT molecular complexity index is 1400. The number of nitrogens with zero attached hydrogens (tertiary/aromatic N) is 3. The van der Waals surface area contributed by atoms with Gasteiger partial charge in [0.05, 0.1) is 17.9 Å². The van der Waals surface area contributed by atoms with Crippen LogP contribution in [0.5, 0.6) is 0 Å². The van der Waals surface area contributed by atoms with Crippen molar-refractivity contribution in [2.45, 2.75) is 46.8 Å². The Morgan fingerprint density at radius 3 is 2.52 bits per heavy atom. The third-order valence-electron chi connectivity index (χ3n) is 5.84. The van der Waals surface area contributed by atoms with Crippen LogP contribution in [0.4, 0.5) is 4.79 Å². The van der Waals surface area contributed by atoms with Gasteiger partial charge in [-0.15, -0.1) is 0 Å². The minimum absolute atomic E-state index is 0.120. The van der Waals surface area contributed by atoms with Crippen molar-refractivity contribution in [3.63, 3.8) is 0 Å². The van der Waals surface area contributed by atoms with Crippen molar-refractivity contribution in [2.75, 3.05) is 0 Å². The summed E-state index contributed by atoms with van der Waals surface area (Å²) in [5.41, 5.74) is 6.12. The fraction of sp³-hybridized carbons (Fsp3) is 0.269. The number of fused-ring (bicyclic) bond motifs is 2. The number of hydrogen-bond donors (Lipinski definition) is 1. The number of para-hydroxylation sites is 1. The fourth-order valence-electron chi connectivity index (χ4n) is 4.39. The molecule has 0 unspecified atom stereocenters. The van der Waals surface area contributed by atoms with Crippen LogP contribution in [0.1, 0.15) is 48.0 Å². The van der Waals surface area contributed by atoms with Gasteiger partial charge in [0.1, 0.15) is 5.60 Å². The summed E-state index contributed by atoms with van der Waals surface area (Å²) < 4.78 is 7.32. The molecular weight excluding hydrogens is 416 g/mol. The van der Waals surface area contributed by atoms with E-state index in [2.05, 4.69) is 11.1 Å². The van der Waals surface area contributed by atoms with Gasteiger partial charge in [-0.1, -0.05) is 24.3 Å². The van der Waals surface area contributed by atoms with Crippen molar-refractivity contribution in [1.29, 1.82) is 0 Å².